The number of hydrogen-bond acceptors (Lipinski definition) is 6. The lowest BCUT2D eigenvalue weighted by Crippen LogP contribution is -2.07. The summed E-state index contributed by atoms with van der Waals surface area (Å²) in [5, 5.41) is 15.0. The number of carbonyl (C=O) groups is 1. The van der Waals surface area contributed by atoms with Crippen LogP contribution in [0.5, 0.6) is 5.75 Å². The fourth-order valence-electron chi connectivity index (χ4n) is 2.17. The van der Waals surface area contributed by atoms with E-state index in [-0.39, 0.29) is 11.7 Å². The molecule has 1 N–H and O–H groups in total. The highest BCUT2D eigenvalue weighted by Crippen LogP contribution is 2.21. The maximum absolute atomic E-state index is 12.9. The number of halogens is 1. The average molecular weight is 373 g/mol. The summed E-state index contributed by atoms with van der Waals surface area (Å²) in [5.74, 6) is 0.775. The zero-order chi connectivity index (χ0) is 18.4. The van der Waals surface area contributed by atoms with Crippen LogP contribution < -0.4 is 10.1 Å². The molecule has 1 aromatic heterocycles. The number of tetrazole rings is 1. The van der Waals surface area contributed by atoms with E-state index in [9.17, 15) is 9.18 Å². The van der Waals surface area contributed by atoms with Gasteiger partial charge < -0.3 is 10.1 Å². The molecule has 0 spiro atoms. The summed E-state index contributed by atoms with van der Waals surface area (Å²) in [6, 6.07) is 13.1. The Balaban J connectivity index is 1.60. The van der Waals surface area contributed by atoms with Gasteiger partial charge in [0.2, 0.25) is 11.1 Å². The van der Waals surface area contributed by atoms with E-state index >= 15 is 0 Å². The van der Waals surface area contributed by atoms with Crippen LogP contribution in [0.2, 0.25) is 0 Å². The van der Waals surface area contributed by atoms with Crippen LogP contribution in [-0.4, -0.2) is 38.5 Å². The molecule has 0 unspecified atom stereocenters. The number of aromatic nitrogens is 4. The van der Waals surface area contributed by atoms with Crippen LogP contribution in [0.1, 0.15) is 6.92 Å². The predicted octanol–water partition coefficient (Wildman–Crippen LogP) is 2.93. The van der Waals surface area contributed by atoms with Gasteiger partial charge in [0.15, 0.2) is 0 Å². The molecule has 0 bridgehead atoms. The summed E-state index contributed by atoms with van der Waals surface area (Å²) < 4.78 is 20.0. The minimum absolute atomic E-state index is 0.147. The Morgan fingerprint density at radius 3 is 2.85 bits per heavy atom. The van der Waals surface area contributed by atoms with E-state index in [4.69, 9.17) is 4.74 Å². The van der Waals surface area contributed by atoms with Crippen molar-refractivity contribution in [2.75, 3.05) is 17.7 Å². The van der Waals surface area contributed by atoms with Crippen molar-refractivity contribution in [1.82, 2.24) is 20.2 Å². The van der Waals surface area contributed by atoms with Crippen molar-refractivity contribution in [3.05, 3.63) is 54.3 Å². The van der Waals surface area contributed by atoms with Crippen molar-refractivity contribution in [3.8, 4) is 11.4 Å². The number of benzene rings is 2. The molecule has 1 amide bonds. The Morgan fingerprint density at radius 1 is 1.27 bits per heavy atom. The first-order valence-corrected chi connectivity index (χ1v) is 8.78. The maximum Gasteiger partial charge on any atom is 0.221 e. The molecule has 3 rings (SSSR count). The maximum atomic E-state index is 12.9. The van der Waals surface area contributed by atoms with Gasteiger partial charge in [-0.2, -0.15) is 4.68 Å². The number of carbonyl (C=O) groups excluding carboxylic acids is 1. The Labute approximate surface area is 153 Å². The van der Waals surface area contributed by atoms with Gasteiger partial charge in [-0.25, -0.2) is 4.39 Å². The quantitative estimate of drug-likeness (QED) is 0.507. The topological polar surface area (TPSA) is 81.9 Å². The highest BCUT2D eigenvalue weighted by Gasteiger charge is 2.10. The lowest BCUT2D eigenvalue weighted by Gasteiger charge is -2.08. The SMILES string of the molecule is CC(=O)Nc1cccc(-n2nnnc2SCCOc2ccc(F)cc2)c1. The van der Waals surface area contributed by atoms with Gasteiger partial charge in [-0.1, -0.05) is 17.8 Å². The summed E-state index contributed by atoms with van der Waals surface area (Å²) in [6.07, 6.45) is 0. The van der Waals surface area contributed by atoms with Gasteiger partial charge in [0.05, 0.1) is 12.3 Å². The van der Waals surface area contributed by atoms with Gasteiger partial charge >= 0.3 is 0 Å². The molecule has 0 saturated carbocycles. The van der Waals surface area contributed by atoms with E-state index in [2.05, 4.69) is 20.8 Å². The molecule has 134 valence electrons. The standard InChI is InChI=1S/C17H16FN5O2S/c1-12(24)19-14-3-2-4-15(11-14)23-17(20-21-22-23)26-10-9-25-16-7-5-13(18)6-8-16/h2-8,11H,9-10H2,1H3,(H,19,24). The van der Waals surface area contributed by atoms with E-state index in [1.807, 2.05) is 12.1 Å². The lowest BCUT2D eigenvalue weighted by molar-refractivity contribution is -0.114. The number of amides is 1. The van der Waals surface area contributed by atoms with Crippen LogP contribution >= 0.6 is 11.8 Å². The number of nitrogens with zero attached hydrogens (tertiary/aromatic N) is 4. The summed E-state index contributed by atoms with van der Waals surface area (Å²) in [7, 11) is 0. The molecule has 0 aliphatic heterocycles. The third-order valence-corrected chi connectivity index (χ3v) is 4.13. The minimum Gasteiger partial charge on any atom is -0.493 e. The van der Waals surface area contributed by atoms with Gasteiger partial charge in [0, 0.05) is 18.4 Å². The van der Waals surface area contributed by atoms with Gasteiger partial charge in [-0.15, -0.1) is 5.10 Å². The monoisotopic (exact) mass is 373 g/mol. The molecule has 1 heterocycles. The molecule has 0 fully saturated rings. The van der Waals surface area contributed by atoms with E-state index in [1.165, 1.54) is 30.8 Å². The number of rotatable bonds is 7. The van der Waals surface area contributed by atoms with Crippen molar-refractivity contribution in [1.29, 1.82) is 0 Å². The number of ether oxygens (including phenoxy) is 1. The molecular weight excluding hydrogens is 357 g/mol. The number of hydrogen-bond donors (Lipinski definition) is 1. The van der Waals surface area contributed by atoms with E-state index in [0.29, 0.717) is 29.0 Å². The van der Waals surface area contributed by atoms with Crippen LogP contribution in [0.25, 0.3) is 5.69 Å². The molecule has 3 aromatic rings. The number of thioether (sulfide) groups is 1. The van der Waals surface area contributed by atoms with Gasteiger partial charge in [0.25, 0.3) is 0 Å². The first kappa shape index (κ1) is 17.9. The fourth-order valence-corrected chi connectivity index (χ4v) is 2.88. The predicted molar refractivity (Wildman–Crippen MR) is 96.1 cm³/mol. The van der Waals surface area contributed by atoms with Gasteiger partial charge in [-0.3, -0.25) is 4.79 Å². The zero-order valence-corrected chi connectivity index (χ0v) is 14.7. The molecule has 26 heavy (non-hydrogen) atoms. The molecule has 0 aliphatic carbocycles. The molecule has 0 radical (unpaired) electrons. The van der Waals surface area contributed by atoms with Crippen LogP contribution in [0.15, 0.2) is 53.7 Å². The zero-order valence-electron chi connectivity index (χ0n) is 13.9. The molecule has 0 aliphatic rings. The molecule has 7 nitrogen and oxygen atoms in total. The Hall–Kier alpha value is -2.94. The summed E-state index contributed by atoms with van der Waals surface area (Å²) >= 11 is 1.43. The fraction of sp³-hybridized carbons (Fsp3) is 0.176. The largest absolute Gasteiger partial charge is 0.493 e. The van der Waals surface area contributed by atoms with Crippen LogP contribution in [0.4, 0.5) is 10.1 Å². The van der Waals surface area contributed by atoms with Gasteiger partial charge in [-0.05, 0) is 52.9 Å². The Morgan fingerprint density at radius 2 is 2.08 bits per heavy atom. The summed E-state index contributed by atoms with van der Waals surface area (Å²) in [6.45, 7) is 1.88. The van der Waals surface area contributed by atoms with E-state index < -0.39 is 0 Å². The van der Waals surface area contributed by atoms with Crippen molar-refractivity contribution < 1.29 is 13.9 Å². The normalized spacial score (nSPS) is 10.5. The second-order valence-electron chi connectivity index (χ2n) is 5.26. The first-order chi connectivity index (χ1) is 12.6. The second-order valence-corrected chi connectivity index (χ2v) is 6.32. The average Bonchev–Trinajstić information content (AvgIpc) is 3.08. The van der Waals surface area contributed by atoms with Crippen molar-refractivity contribution in [2.24, 2.45) is 0 Å². The third kappa shape index (κ3) is 4.79. The van der Waals surface area contributed by atoms with Crippen LogP contribution in [-0.2, 0) is 4.79 Å². The van der Waals surface area contributed by atoms with Crippen molar-refractivity contribution >= 4 is 23.4 Å². The van der Waals surface area contributed by atoms with Crippen LogP contribution in [0, 0.1) is 5.82 Å². The summed E-state index contributed by atoms with van der Waals surface area (Å²) in [5.41, 5.74) is 1.41. The number of nitrogens with one attached hydrogen (secondary N) is 1. The van der Waals surface area contributed by atoms with Gasteiger partial charge in [0.1, 0.15) is 11.6 Å². The smallest absolute Gasteiger partial charge is 0.221 e. The van der Waals surface area contributed by atoms with E-state index in [1.54, 1.807) is 28.9 Å². The highest BCUT2D eigenvalue weighted by molar-refractivity contribution is 7.99. The highest BCUT2D eigenvalue weighted by atomic mass is 32.2. The van der Waals surface area contributed by atoms with Crippen LogP contribution in [0.3, 0.4) is 0 Å². The molecule has 0 atom stereocenters. The van der Waals surface area contributed by atoms with Crippen molar-refractivity contribution in [2.45, 2.75) is 12.1 Å². The first-order valence-electron chi connectivity index (χ1n) is 7.79. The lowest BCUT2D eigenvalue weighted by atomic mass is 10.3. The Bertz CT molecular complexity index is 885. The minimum atomic E-state index is -0.299. The van der Waals surface area contributed by atoms with E-state index in [0.717, 1.165) is 5.69 Å². The number of anilines is 1. The third-order valence-electron chi connectivity index (χ3n) is 3.25. The Kier molecular flexibility index (Phi) is 5.80. The molecule has 9 heteroatoms. The molecule has 2 aromatic carbocycles. The molecule has 0 saturated heterocycles. The second kappa shape index (κ2) is 8.43. The van der Waals surface area contributed by atoms with Crippen molar-refractivity contribution in [3.63, 3.8) is 0 Å². The molecular formula is C17H16FN5O2S. The summed E-state index contributed by atoms with van der Waals surface area (Å²) in [4.78, 5) is 11.2.